The standard InChI is InChI=1S/C23H33NO3.ClH/c1-5-6-18-7-13-22(14-8-18)27-17-20(25)16-24-23(2,3)15-19-9-11-21(26-4)12-10-19;/h7-14,20,24-25H,5-6,15-17H2,1-4H3;1H. The van der Waals surface area contributed by atoms with Gasteiger partial charge < -0.3 is 19.9 Å². The van der Waals surface area contributed by atoms with Crippen LogP contribution < -0.4 is 14.8 Å². The molecule has 0 spiro atoms. The maximum absolute atomic E-state index is 10.2. The lowest BCUT2D eigenvalue weighted by Crippen LogP contribution is -2.46. The van der Waals surface area contributed by atoms with Crippen LogP contribution in [0.4, 0.5) is 0 Å². The van der Waals surface area contributed by atoms with E-state index in [4.69, 9.17) is 9.47 Å². The molecule has 0 amide bonds. The summed E-state index contributed by atoms with van der Waals surface area (Å²) in [5, 5.41) is 13.7. The number of halogens is 1. The van der Waals surface area contributed by atoms with Crippen LogP contribution in [0.25, 0.3) is 0 Å². The molecular weight excluding hydrogens is 374 g/mol. The number of hydrogen-bond donors (Lipinski definition) is 2. The first kappa shape index (κ1) is 24.3. The fourth-order valence-electron chi connectivity index (χ4n) is 3.00. The number of aryl methyl sites for hydroxylation is 1. The molecule has 0 aliphatic carbocycles. The number of rotatable bonds is 11. The van der Waals surface area contributed by atoms with Gasteiger partial charge in [0.15, 0.2) is 0 Å². The fraction of sp³-hybridized carbons (Fsp3) is 0.478. The molecule has 156 valence electrons. The third-order valence-electron chi connectivity index (χ3n) is 4.53. The van der Waals surface area contributed by atoms with Gasteiger partial charge >= 0.3 is 0 Å². The number of benzene rings is 2. The summed E-state index contributed by atoms with van der Waals surface area (Å²) in [5.74, 6) is 1.66. The molecule has 0 radical (unpaired) electrons. The molecule has 2 rings (SSSR count). The van der Waals surface area contributed by atoms with Gasteiger partial charge in [0, 0.05) is 12.1 Å². The number of ether oxygens (including phenoxy) is 2. The molecule has 0 saturated carbocycles. The van der Waals surface area contributed by atoms with Crippen molar-refractivity contribution >= 4 is 12.4 Å². The smallest absolute Gasteiger partial charge is 0.119 e. The minimum atomic E-state index is -0.560. The zero-order chi connectivity index (χ0) is 19.7. The Hall–Kier alpha value is -1.75. The maximum Gasteiger partial charge on any atom is 0.119 e. The van der Waals surface area contributed by atoms with E-state index < -0.39 is 6.10 Å². The lowest BCUT2D eigenvalue weighted by molar-refractivity contribution is 0.0988. The van der Waals surface area contributed by atoms with E-state index in [1.54, 1.807) is 7.11 Å². The summed E-state index contributed by atoms with van der Waals surface area (Å²) in [4.78, 5) is 0. The summed E-state index contributed by atoms with van der Waals surface area (Å²) in [6, 6.07) is 16.2. The van der Waals surface area contributed by atoms with Gasteiger partial charge in [0.05, 0.1) is 7.11 Å². The Morgan fingerprint density at radius 2 is 1.54 bits per heavy atom. The van der Waals surface area contributed by atoms with E-state index >= 15 is 0 Å². The van der Waals surface area contributed by atoms with Crippen molar-refractivity contribution in [2.75, 3.05) is 20.3 Å². The first-order valence-corrected chi connectivity index (χ1v) is 9.69. The molecule has 1 unspecified atom stereocenters. The summed E-state index contributed by atoms with van der Waals surface area (Å²) >= 11 is 0. The van der Waals surface area contributed by atoms with Crippen molar-refractivity contribution in [3.63, 3.8) is 0 Å². The van der Waals surface area contributed by atoms with Gasteiger partial charge in [0.1, 0.15) is 24.2 Å². The van der Waals surface area contributed by atoms with Gasteiger partial charge in [-0.05, 0) is 62.1 Å². The zero-order valence-corrected chi connectivity index (χ0v) is 18.2. The highest BCUT2D eigenvalue weighted by Gasteiger charge is 2.19. The summed E-state index contributed by atoms with van der Waals surface area (Å²) in [5.41, 5.74) is 2.41. The van der Waals surface area contributed by atoms with Gasteiger partial charge in [-0.25, -0.2) is 0 Å². The minimum absolute atomic E-state index is 0. The van der Waals surface area contributed by atoms with Crippen LogP contribution in [0.1, 0.15) is 38.3 Å². The van der Waals surface area contributed by atoms with Crippen molar-refractivity contribution in [1.82, 2.24) is 5.32 Å². The average molecular weight is 408 g/mol. The molecule has 0 heterocycles. The normalized spacial score (nSPS) is 12.2. The molecule has 28 heavy (non-hydrogen) atoms. The number of aliphatic hydroxyl groups excluding tert-OH is 1. The Labute approximate surface area is 175 Å². The quantitative estimate of drug-likeness (QED) is 0.579. The van der Waals surface area contributed by atoms with E-state index in [1.807, 2.05) is 24.3 Å². The second-order valence-corrected chi connectivity index (χ2v) is 7.65. The van der Waals surface area contributed by atoms with Crippen molar-refractivity contribution < 1.29 is 14.6 Å². The molecule has 0 fully saturated rings. The molecule has 0 aliphatic heterocycles. The van der Waals surface area contributed by atoms with E-state index in [9.17, 15) is 5.11 Å². The lowest BCUT2D eigenvalue weighted by Gasteiger charge is -2.28. The third-order valence-corrected chi connectivity index (χ3v) is 4.53. The van der Waals surface area contributed by atoms with Crippen LogP contribution >= 0.6 is 12.4 Å². The van der Waals surface area contributed by atoms with E-state index in [-0.39, 0.29) is 24.6 Å². The van der Waals surface area contributed by atoms with Crippen molar-refractivity contribution in [3.8, 4) is 11.5 Å². The average Bonchev–Trinajstić information content (AvgIpc) is 2.66. The number of nitrogens with one attached hydrogen (secondary N) is 1. The van der Waals surface area contributed by atoms with E-state index in [2.05, 4.69) is 50.4 Å². The molecule has 2 aromatic carbocycles. The van der Waals surface area contributed by atoms with Crippen molar-refractivity contribution in [3.05, 3.63) is 59.7 Å². The predicted molar refractivity (Wildman–Crippen MR) is 118 cm³/mol. The molecule has 0 bridgehead atoms. The van der Waals surface area contributed by atoms with Crippen molar-refractivity contribution in [1.29, 1.82) is 0 Å². The van der Waals surface area contributed by atoms with Gasteiger partial charge in [-0.1, -0.05) is 37.6 Å². The van der Waals surface area contributed by atoms with Crippen LogP contribution in [0.3, 0.4) is 0 Å². The van der Waals surface area contributed by atoms with Gasteiger partial charge in [-0.15, -0.1) is 12.4 Å². The van der Waals surface area contributed by atoms with Crippen LogP contribution in [0.2, 0.25) is 0 Å². The molecule has 2 aromatic rings. The lowest BCUT2D eigenvalue weighted by atomic mass is 9.94. The minimum Gasteiger partial charge on any atom is -0.497 e. The number of aliphatic hydroxyl groups is 1. The van der Waals surface area contributed by atoms with Crippen molar-refractivity contribution in [2.45, 2.75) is 51.7 Å². The highest BCUT2D eigenvalue weighted by atomic mass is 35.5. The van der Waals surface area contributed by atoms with Crippen LogP contribution in [0, 0.1) is 0 Å². The van der Waals surface area contributed by atoms with E-state index in [0.29, 0.717) is 6.54 Å². The Morgan fingerprint density at radius 1 is 0.964 bits per heavy atom. The second kappa shape index (κ2) is 11.9. The maximum atomic E-state index is 10.2. The highest BCUT2D eigenvalue weighted by Crippen LogP contribution is 2.17. The largest absolute Gasteiger partial charge is 0.497 e. The fourth-order valence-corrected chi connectivity index (χ4v) is 3.00. The summed E-state index contributed by atoms with van der Waals surface area (Å²) in [7, 11) is 1.67. The first-order chi connectivity index (χ1) is 12.9. The zero-order valence-electron chi connectivity index (χ0n) is 17.4. The Balaban J connectivity index is 0.00000392. The molecular formula is C23H34ClNO3. The molecule has 2 N–H and O–H groups in total. The predicted octanol–water partition coefficient (Wildman–Crippen LogP) is 4.42. The molecule has 0 aliphatic rings. The topological polar surface area (TPSA) is 50.7 Å². The van der Waals surface area contributed by atoms with E-state index in [0.717, 1.165) is 30.8 Å². The SMILES string of the molecule is CCCc1ccc(OCC(O)CNC(C)(C)Cc2ccc(OC)cc2)cc1.Cl. The van der Waals surface area contributed by atoms with Gasteiger partial charge in [0.25, 0.3) is 0 Å². The second-order valence-electron chi connectivity index (χ2n) is 7.65. The number of β-amino-alcohol motifs (C(OH)–C–C–N with tert-alkyl or cyclic N) is 1. The van der Waals surface area contributed by atoms with Crippen LogP contribution in [-0.2, 0) is 12.8 Å². The summed E-state index contributed by atoms with van der Waals surface area (Å²) < 4.78 is 10.9. The first-order valence-electron chi connectivity index (χ1n) is 9.69. The number of methoxy groups -OCH3 is 1. The summed E-state index contributed by atoms with van der Waals surface area (Å²) in [6.07, 6.45) is 2.52. The number of hydrogen-bond acceptors (Lipinski definition) is 4. The van der Waals surface area contributed by atoms with E-state index in [1.165, 1.54) is 11.1 Å². The van der Waals surface area contributed by atoms with Gasteiger partial charge in [-0.3, -0.25) is 0 Å². The highest BCUT2D eigenvalue weighted by molar-refractivity contribution is 5.85. The van der Waals surface area contributed by atoms with Crippen LogP contribution in [0.15, 0.2) is 48.5 Å². The van der Waals surface area contributed by atoms with Gasteiger partial charge in [-0.2, -0.15) is 0 Å². The summed E-state index contributed by atoms with van der Waals surface area (Å²) in [6.45, 7) is 7.20. The Morgan fingerprint density at radius 3 is 2.11 bits per heavy atom. The Kier molecular flexibility index (Phi) is 10.4. The Bertz CT molecular complexity index is 671. The molecule has 1 atom stereocenters. The molecule has 0 saturated heterocycles. The van der Waals surface area contributed by atoms with Gasteiger partial charge in [0.2, 0.25) is 0 Å². The third kappa shape index (κ3) is 8.51. The van der Waals surface area contributed by atoms with Crippen LogP contribution in [0.5, 0.6) is 11.5 Å². The van der Waals surface area contributed by atoms with Crippen molar-refractivity contribution in [2.24, 2.45) is 0 Å². The monoisotopic (exact) mass is 407 g/mol. The molecule has 0 aromatic heterocycles. The molecule has 5 heteroatoms. The molecule has 4 nitrogen and oxygen atoms in total. The van der Waals surface area contributed by atoms with Crippen LogP contribution in [-0.4, -0.2) is 37.0 Å².